The van der Waals surface area contributed by atoms with Crippen molar-refractivity contribution in [3.8, 4) is 0 Å². The number of hydrogen-bond acceptors (Lipinski definition) is 8. The van der Waals surface area contributed by atoms with Crippen LogP contribution in [0.5, 0.6) is 0 Å². The molecule has 9 nitrogen and oxygen atoms in total. The lowest BCUT2D eigenvalue weighted by molar-refractivity contribution is -0.0470. The van der Waals surface area contributed by atoms with E-state index < -0.39 is 45.4 Å². The van der Waals surface area contributed by atoms with E-state index in [1.807, 2.05) is 10.6 Å². The first-order chi connectivity index (χ1) is 20.5. The number of imidazole rings is 1. The predicted molar refractivity (Wildman–Crippen MR) is 203 cm³/mol. The molecule has 4 atom stereocenters. The van der Waals surface area contributed by atoms with E-state index in [1.165, 1.54) is 0 Å². The first kappa shape index (κ1) is 39.2. The highest BCUT2D eigenvalue weighted by Crippen LogP contribution is 2.47. The molecular formula is C33H65N5O4Si4. The molecule has 262 valence electrons. The van der Waals surface area contributed by atoms with Gasteiger partial charge in [-0.2, -0.15) is 4.98 Å². The summed E-state index contributed by atoms with van der Waals surface area (Å²) in [5, 5.41) is 0.0400. The van der Waals surface area contributed by atoms with Gasteiger partial charge in [0.25, 0.3) is 0 Å². The standard InChI is InChI=1S/C33H65N5O4Si4/c1-31(2,3)44(13,14)39-21-24-26(41-45(15,16)32(4,5)6)27(42-46(17,18)33(7,8)9)29(40-24)38-22-35-25-23(19-20-43(10,11)12)36-30(34)37-28(25)38/h19-20,22,24,26-27,29H,21H2,1-18H3,(H2,34,36,37)/b20-19+/t24-,26-,27-,29-/m1/s1. The number of hydrogen-bond donors (Lipinski definition) is 1. The van der Waals surface area contributed by atoms with Crippen LogP contribution in [0.15, 0.2) is 12.0 Å². The Morgan fingerprint density at radius 2 is 1.28 bits per heavy atom. The van der Waals surface area contributed by atoms with E-state index in [0.717, 1.165) is 5.69 Å². The Bertz CT molecular complexity index is 1400. The van der Waals surface area contributed by atoms with Crippen LogP contribution in [0.2, 0.25) is 74.0 Å². The van der Waals surface area contributed by atoms with Gasteiger partial charge in [0.15, 0.2) is 36.8 Å². The third kappa shape index (κ3) is 8.68. The van der Waals surface area contributed by atoms with Crippen molar-refractivity contribution in [1.29, 1.82) is 0 Å². The lowest BCUT2D eigenvalue weighted by Gasteiger charge is -2.44. The Morgan fingerprint density at radius 1 is 0.783 bits per heavy atom. The highest BCUT2D eigenvalue weighted by atomic mass is 28.4. The van der Waals surface area contributed by atoms with Crippen LogP contribution in [0.25, 0.3) is 17.2 Å². The van der Waals surface area contributed by atoms with Gasteiger partial charge in [-0.3, -0.25) is 4.57 Å². The molecule has 2 aromatic rings. The zero-order chi connectivity index (χ0) is 35.5. The van der Waals surface area contributed by atoms with E-state index in [9.17, 15) is 0 Å². The third-order valence-corrected chi connectivity index (χ3v) is 25.3. The molecule has 3 heterocycles. The van der Waals surface area contributed by atoms with E-state index in [1.54, 1.807) is 6.33 Å². The molecule has 46 heavy (non-hydrogen) atoms. The van der Waals surface area contributed by atoms with E-state index in [4.69, 9.17) is 33.7 Å². The van der Waals surface area contributed by atoms with Crippen LogP contribution in [0.1, 0.15) is 74.2 Å². The summed E-state index contributed by atoms with van der Waals surface area (Å²) in [6, 6.07) is 0. The summed E-state index contributed by atoms with van der Waals surface area (Å²) in [6.07, 6.45) is 2.22. The van der Waals surface area contributed by atoms with Crippen LogP contribution >= 0.6 is 0 Å². The maximum absolute atomic E-state index is 7.34. The van der Waals surface area contributed by atoms with Gasteiger partial charge in [-0.1, -0.05) is 87.7 Å². The second-order valence-corrected chi connectivity index (χ2v) is 38.2. The molecule has 0 aromatic carbocycles. The number of nitrogens with zero attached hydrogens (tertiary/aromatic N) is 4. The highest BCUT2D eigenvalue weighted by molar-refractivity contribution is 6.81. The van der Waals surface area contributed by atoms with Crippen molar-refractivity contribution in [2.24, 2.45) is 0 Å². The number of fused-ring (bicyclic) bond motifs is 1. The molecule has 2 N–H and O–H groups in total. The van der Waals surface area contributed by atoms with Crippen LogP contribution in [-0.2, 0) is 18.0 Å². The Kier molecular flexibility index (Phi) is 11.0. The monoisotopic (exact) mass is 707 g/mol. The molecule has 1 fully saturated rings. The molecule has 0 spiro atoms. The molecule has 1 aliphatic heterocycles. The highest BCUT2D eigenvalue weighted by Gasteiger charge is 2.55. The van der Waals surface area contributed by atoms with Crippen LogP contribution in [-0.4, -0.2) is 77.5 Å². The van der Waals surface area contributed by atoms with Gasteiger partial charge in [0.2, 0.25) is 5.95 Å². The van der Waals surface area contributed by atoms with Crippen LogP contribution < -0.4 is 5.73 Å². The molecule has 1 aliphatic rings. The van der Waals surface area contributed by atoms with Gasteiger partial charge in [0.05, 0.1) is 26.7 Å². The zero-order valence-electron chi connectivity index (χ0n) is 32.2. The fraction of sp³-hybridized carbons (Fsp3) is 0.788. The minimum atomic E-state index is -2.30. The second kappa shape index (κ2) is 12.9. The Balaban J connectivity index is 2.23. The zero-order valence-corrected chi connectivity index (χ0v) is 36.2. The molecule has 0 radical (unpaired) electrons. The topological polar surface area (TPSA) is 107 Å². The van der Waals surface area contributed by atoms with Gasteiger partial charge in [-0.25, -0.2) is 9.97 Å². The maximum Gasteiger partial charge on any atom is 0.222 e. The molecule has 1 saturated heterocycles. The molecule has 0 bridgehead atoms. The average Bonchev–Trinajstić information content (AvgIpc) is 3.39. The summed E-state index contributed by atoms with van der Waals surface area (Å²) in [5.41, 5.74) is 10.6. The number of nitrogen functional groups attached to an aromatic ring is 1. The van der Waals surface area contributed by atoms with Gasteiger partial charge in [-0.15, -0.1) is 0 Å². The molecule has 3 rings (SSSR count). The predicted octanol–water partition coefficient (Wildman–Crippen LogP) is 9.00. The SMILES string of the molecule is CC(C)(C)[Si](C)(C)OC[C@H]1O[C@@H](n2cnc3c(/C=C/[Si](C)(C)C)nc(N)nc32)[C@H](O[Si](C)(C)C(C)(C)C)[C@@H]1O[Si](C)(C)C(C)(C)C. The molecule has 0 unspecified atom stereocenters. The molecule has 0 aliphatic carbocycles. The minimum Gasteiger partial charge on any atom is -0.414 e. The van der Waals surface area contributed by atoms with Gasteiger partial charge < -0.3 is 23.7 Å². The largest absolute Gasteiger partial charge is 0.414 e. The molecular weight excluding hydrogens is 643 g/mol. The number of aromatic nitrogens is 4. The summed E-state index contributed by atoms with van der Waals surface area (Å²) in [7, 11) is -8.15. The Hall–Kier alpha value is -1.20. The average molecular weight is 708 g/mol. The minimum absolute atomic E-state index is 0.00156. The summed E-state index contributed by atoms with van der Waals surface area (Å²) >= 11 is 0. The summed E-state index contributed by atoms with van der Waals surface area (Å²) in [5.74, 6) is 0.205. The van der Waals surface area contributed by atoms with E-state index >= 15 is 0 Å². The number of anilines is 1. The van der Waals surface area contributed by atoms with Crippen molar-refractivity contribution in [1.82, 2.24) is 19.5 Å². The van der Waals surface area contributed by atoms with Crippen LogP contribution in [0, 0.1) is 0 Å². The summed E-state index contributed by atoms with van der Waals surface area (Å²) < 4.78 is 30.5. The van der Waals surface area contributed by atoms with Crippen molar-refractivity contribution in [3.05, 3.63) is 17.7 Å². The third-order valence-electron chi connectivity index (χ3n) is 10.7. The van der Waals surface area contributed by atoms with Gasteiger partial charge in [-0.05, 0) is 60.5 Å². The van der Waals surface area contributed by atoms with E-state index in [0.29, 0.717) is 17.8 Å². The smallest absolute Gasteiger partial charge is 0.222 e. The lowest BCUT2D eigenvalue weighted by atomic mass is 10.1. The molecule has 0 saturated carbocycles. The quantitative estimate of drug-likeness (QED) is 0.244. The first-order valence-electron chi connectivity index (χ1n) is 16.8. The Labute approximate surface area is 283 Å². The molecule has 0 amide bonds. The van der Waals surface area contributed by atoms with Crippen LogP contribution in [0.4, 0.5) is 5.95 Å². The lowest BCUT2D eigenvalue weighted by Crippen LogP contribution is -2.54. The normalized spacial score (nSPS) is 22.8. The summed E-state index contributed by atoms with van der Waals surface area (Å²) in [6.45, 7) is 41.4. The van der Waals surface area contributed by atoms with E-state index in [2.05, 4.69) is 132 Å². The van der Waals surface area contributed by atoms with Crippen molar-refractivity contribution < 1.29 is 18.0 Å². The second-order valence-electron chi connectivity index (χ2n) is 18.8. The van der Waals surface area contributed by atoms with Crippen molar-refractivity contribution in [3.63, 3.8) is 0 Å². The fourth-order valence-corrected chi connectivity index (χ4v) is 8.74. The van der Waals surface area contributed by atoms with Gasteiger partial charge in [0, 0.05) is 0 Å². The number of nitrogens with two attached hydrogens (primary N) is 1. The van der Waals surface area contributed by atoms with Gasteiger partial charge in [0.1, 0.15) is 23.8 Å². The van der Waals surface area contributed by atoms with Crippen molar-refractivity contribution in [2.75, 3.05) is 12.3 Å². The van der Waals surface area contributed by atoms with E-state index in [-0.39, 0.29) is 33.3 Å². The van der Waals surface area contributed by atoms with Crippen LogP contribution in [0.3, 0.4) is 0 Å². The summed E-state index contributed by atoms with van der Waals surface area (Å²) in [4.78, 5) is 14.1. The maximum atomic E-state index is 7.34. The van der Waals surface area contributed by atoms with Crippen molar-refractivity contribution in [2.45, 2.75) is 161 Å². The molecule has 13 heteroatoms. The van der Waals surface area contributed by atoms with Crippen molar-refractivity contribution >= 4 is 56.2 Å². The number of ether oxygens (including phenoxy) is 1. The first-order valence-corrected chi connectivity index (χ1v) is 29.1. The molecule has 2 aromatic heterocycles. The Morgan fingerprint density at radius 3 is 1.76 bits per heavy atom. The fourth-order valence-electron chi connectivity index (χ4n) is 4.46. The van der Waals surface area contributed by atoms with Gasteiger partial charge >= 0.3 is 0 Å². The number of rotatable bonds is 10.